The molecule has 1 aliphatic rings. The number of methoxy groups -OCH3 is 1. The Labute approximate surface area is 129 Å². The van der Waals surface area contributed by atoms with E-state index in [0.29, 0.717) is 5.69 Å². The van der Waals surface area contributed by atoms with Crippen LogP contribution in [0, 0.1) is 0 Å². The molecular formula is C16H20N4O2. The number of hydrogen-bond donors (Lipinski definition) is 1. The Bertz CT molecular complexity index is 681. The number of nitrogens with zero attached hydrogens (tertiary/aromatic N) is 3. The summed E-state index contributed by atoms with van der Waals surface area (Å²) in [5.41, 5.74) is 8.15. The van der Waals surface area contributed by atoms with Crippen molar-refractivity contribution in [3.05, 3.63) is 41.7 Å². The van der Waals surface area contributed by atoms with Crippen LogP contribution in [-0.4, -0.2) is 35.9 Å². The van der Waals surface area contributed by atoms with Crippen LogP contribution in [0.4, 0.5) is 5.69 Å². The van der Waals surface area contributed by atoms with Gasteiger partial charge in [0.15, 0.2) is 0 Å². The number of aryl methyl sites for hydroxylation is 1. The molecule has 1 aromatic carbocycles. The number of hydrogen-bond acceptors (Lipinski definition) is 4. The minimum atomic E-state index is -0.487. The minimum Gasteiger partial charge on any atom is -0.497 e. The van der Waals surface area contributed by atoms with Crippen LogP contribution < -0.4 is 15.4 Å². The number of carbonyl (C=O) groups is 1. The van der Waals surface area contributed by atoms with E-state index in [0.717, 1.165) is 38.2 Å². The molecule has 0 bridgehead atoms. The Morgan fingerprint density at radius 3 is 2.95 bits per heavy atom. The molecule has 0 aliphatic carbocycles. The molecule has 1 aromatic heterocycles. The smallest absolute Gasteiger partial charge is 0.269 e. The van der Waals surface area contributed by atoms with Crippen LogP contribution in [0.1, 0.15) is 22.5 Å². The molecule has 0 saturated carbocycles. The van der Waals surface area contributed by atoms with Gasteiger partial charge >= 0.3 is 0 Å². The lowest BCUT2D eigenvalue weighted by Crippen LogP contribution is -2.23. The summed E-state index contributed by atoms with van der Waals surface area (Å²) in [6.07, 6.45) is 3.82. The lowest BCUT2D eigenvalue weighted by atomic mass is 10.1. The van der Waals surface area contributed by atoms with Gasteiger partial charge in [0.05, 0.1) is 7.11 Å². The van der Waals surface area contributed by atoms with Crippen molar-refractivity contribution >= 4 is 11.6 Å². The topological polar surface area (TPSA) is 73.4 Å². The zero-order chi connectivity index (χ0) is 15.5. The van der Waals surface area contributed by atoms with Gasteiger partial charge in [0.1, 0.15) is 11.4 Å². The second kappa shape index (κ2) is 6.09. The fraction of sp³-hybridized carbons (Fsp3) is 0.375. The highest BCUT2D eigenvalue weighted by atomic mass is 16.5. The summed E-state index contributed by atoms with van der Waals surface area (Å²) in [4.78, 5) is 13.4. The van der Waals surface area contributed by atoms with Crippen molar-refractivity contribution in [3.63, 3.8) is 0 Å². The number of carbonyl (C=O) groups excluding carboxylic acids is 1. The Morgan fingerprint density at radius 1 is 1.36 bits per heavy atom. The van der Waals surface area contributed by atoms with Gasteiger partial charge in [-0.3, -0.25) is 9.48 Å². The minimum absolute atomic E-state index is 0.316. The third kappa shape index (κ3) is 2.90. The van der Waals surface area contributed by atoms with Crippen LogP contribution in [0.2, 0.25) is 0 Å². The van der Waals surface area contributed by atoms with Crippen LogP contribution in [0.5, 0.6) is 5.75 Å². The van der Waals surface area contributed by atoms with Gasteiger partial charge in [-0.15, -0.1) is 0 Å². The van der Waals surface area contributed by atoms with E-state index in [1.165, 1.54) is 11.3 Å². The molecule has 0 radical (unpaired) electrons. The number of benzene rings is 1. The van der Waals surface area contributed by atoms with Gasteiger partial charge in [-0.25, -0.2) is 0 Å². The van der Waals surface area contributed by atoms with E-state index in [2.05, 4.69) is 22.1 Å². The summed E-state index contributed by atoms with van der Waals surface area (Å²) in [5, 5.41) is 4.15. The van der Waals surface area contributed by atoms with Crippen LogP contribution in [0.15, 0.2) is 30.5 Å². The Morgan fingerprint density at radius 2 is 2.23 bits per heavy atom. The summed E-state index contributed by atoms with van der Waals surface area (Å²) in [5.74, 6) is 0.406. The van der Waals surface area contributed by atoms with Gasteiger partial charge in [-0.05, 0) is 30.5 Å². The molecule has 6 heteroatoms. The van der Waals surface area contributed by atoms with Crippen molar-refractivity contribution < 1.29 is 9.53 Å². The fourth-order valence-electron chi connectivity index (χ4n) is 2.83. The highest BCUT2D eigenvalue weighted by Crippen LogP contribution is 2.31. The Hall–Kier alpha value is -2.50. The molecule has 0 spiro atoms. The highest BCUT2D eigenvalue weighted by molar-refractivity contribution is 5.90. The first-order valence-corrected chi connectivity index (χ1v) is 7.42. The number of nitrogens with two attached hydrogens (primary N) is 1. The van der Waals surface area contributed by atoms with Crippen molar-refractivity contribution in [1.29, 1.82) is 0 Å². The number of ether oxygens (including phenoxy) is 1. The zero-order valence-electron chi connectivity index (χ0n) is 12.7. The first-order chi connectivity index (χ1) is 10.7. The number of rotatable bonds is 6. The van der Waals surface area contributed by atoms with E-state index in [-0.39, 0.29) is 0 Å². The maximum Gasteiger partial charge on any atom is 0.269 e. The number of aromatic nitrogens is 2. The molecule has 2 N–H and O–H groups in total. The summed E-state index contributed by atoms with van der Waals surface area (Å²) < 4.78 is 7.07. The molecule has 1 aliphatic heterocycles. The number of primary amides is 1. The van der Waals surface area contributed by atoms with Crippen molar-refractivity contribution in [3.8, 4) is 5.75 Å². The first kappa shape index (κ1) is 14.4. The van der Waals surface area contributed by atoms with E-state index in [1.54, 1.807) is 24.1 Å². The maximum absolute atomic E-state index is 11.0. The van der Waals surface area contributed by atoms with E-state index in [4.69, 9.17) is 10.5 Å². The average molecular weight is 300 g/mol. The number of amides is 1. The summed E-state index contributed by atoms with van der Waals surface area (Å²) in [6, 6.07) is 7.90. The molecule has 0 unspecified atom stereocenters. The molecule has 2 heterocycles. The summed E-state index contributed by atoms with van der Waals surface area (Å²) >= 11 is 0. The van der Waals surface area contributed by atoms with Gasteiger partial charge in [-0.1, -0.05) is 6.07 Å². The Kier molecular flexibility index (Phi) is 4.00. The van der Waals surface area contributed by atoms with Crippen molar-refractivity contribution in [2.24, 2.45) is 5.73 Å². The van der Waals surface area contributed by atoms with Gasteiger partial charge in [0.2, 0.25) is 0 Å². The normalized spacial score (nSPS) is 13.2. The molecule has 0 saturated heterocycles. The molecule has 116 valence electrons. The second-order valence-corrected chi connectivity index (χ2v) is 5.41. The first-order valence-electron chi connectivity index (χ1n) is 7.42. The molecule has 0 fully saturated rings. The summed E-state index contributed by atoms with van der Waals surface area (Å²) in [7, 11) is 1.69. The van der Waals surface area contributed by atoms with Crippen molar-refractivity contribution in [2.45, 2.75) is 19.4 Å². The van der Waals surface area contributed by atoms with E-state index >= 15 is 0 Å². The molecule has 2 aromatic rings. The van der Waals surface area contributed by atoms with Crippen LogP contribution in [0.3, 0.4) is 0 Å². The van der Waals surface area contributed by atoms with Gasteiger partial charge in [-0.2, -0.15) is 5.10 Å². The molecule has 22 heavy (non-hydrogen) atoms. The van der Waals surface area contributed by atoms with Crippen LogP contribution in [-0.2, 0) is 13.0 Å². The third-order valence-corrected chi connectivity index (χ3v) is 3.99. The lowest BCUT2D eigenvalue weighted by molar-refractivity contribution is 0.0994. The largest absolute Gasteiger partial charge is 0.497 e. The quantitative estimate of drug-likeness (QED) is 0.876. The molecule has 6 nitrogen and oxygen atoms in total. The molecule has 1 amide bonds. The standard InChI is InChI=1S/C16H20N4O2/c1-22-13-4-3-12-5-9-19(15(12)11-13)7-2-8-20-10-6-14(18-20)16(17)21/h3-4,6,10-11H,2,5,7-9H2,1H3,(H2,17,21). The van der Waals surface area contributed by atoms with Crippen LogP contribution >= 0.6 is 0 Å². The predicted octanol–water partition coefficient (Wildman–Crippen LogP) is 1.44. The zero-order valence-corrected chi connectivity index (χ0v) is 12.7. The molecule has 3 rings (SSSR count). The highest BCUT2D eigenvalue weighted by Gasteiger charge is 2.19. The Balaban J connectivity index is 1.58. The van der Waals surface area contributed by atoms with E-state index < -0.39 is 5.91 Å². The number of anilines is 1. The molecular weight excluding hydrogens is 280 g/mol. The van der Waals surface area contributed by atoms with E-state index in [1.807, 2.05) is 6.07 Å². The average Bonchev–Trinajstić information content (AvgIpc) is 3.14. The third-order valence-electron chi connectivity index (χ3n) is 3.99. The predicted molar refractivity (Wildman–Crippen MR) is 84.3 cm³/mol. The fourth-order valence-corrected chi connectivity index (χ4v) is 2.83. The summed E-state index contributed by atoms with van der Waals surface area (Å²) in [6.45, 7) is 2.75. The maximum atomic E-state index is 11.0. The lowest BCUT2D eigenvalue weighted by Gasteiger charge is -2.19. The van der Waals surface area contributed by atoms with E-state index in [9.17, 15) is 4.79 Å². The monoisotopic (exact) mass is 300 g/mol. The second-order valence-electron chi connectivity index (χ2n) is 5.41. The van der Waals surface area contributed by atoms with Gasteiger partial charge in [0, 0.05) is 37.6 Å². The van der Waals surface area contributed by atoms with Gasteiger partial charge < -0.3 is 15.4 Å². The van der Waals surface area contributed by atoms with Gasteiger partial charge in [0.25, 0.3) is 5.91 Å². The molecule has 0 atom stereocenters. The van der Waals surface area contributed by atoms with Crippen molar-refractivity contribution in [1.82, 2.24) is 9.78 Å². The van der Waals surface area contributed by atoms with Crippen LogP contribution in [0.25, 0.3) is 0 Å². The number of fused-ring (bicyclic) bond motifs is 1. The SMILES string of the molecule is COc1ccc2c(c1)N(CCCn1ccc(C(N)=O)n1)CC2. The van der Waals surface area contributed by atoms with Crippen molar-refractivity contribution in [2.75, 3.05) is 25.1 Å².